The smallest absolute Gasteiger partial charge is 0.00677 e. The zero-order valence-electron chi connectivity index (χ0n) is 9.00. The van der Waals surface area contributed by atoms with Crippen LogP contribution in [0.3, 0.4) is 0 Å². The summed E-state index contributed by atoms with van der Waals surface area (Å²) < 4.78 is 0. The summed E-state index contributed by atoms with van der Waals surface area (Å²) >= 11 is 0. The first-order valence-corrected chi connectivity index (χ1v) is 5.60. The van der Waals surface area contributed by atoms with Crippen molar-refractivity contribution in [2.24, 2.45) is 23.3 Å². The topological polar surface area (TPSA) is 52.0 Å². The van der Waals surface area contributed by atoms with Gasteiger partial charge in [0.15, 0.2) is 0 Å². The predicted molar refractivity (Wildman–Crippen MR) is 57.4 cm³/mol. The fourth-order valence-corrected chi connectivity index (χ4v) is 1.89. The second kappa shape index (κ2) is 4.97. The van der Waals surface area contributed by atoms with Crippen molar-refractivity contribution in [2.45, 2.75) is 58.0 Å². The zero-order chi connectivity index (χ0) is 9.84. The van der Waals surface area contributed by atoms with Crippen LogP contribution in [0.15, 0.2) is 0 Å². The van der Waals surface area contributed by atoms with Crippen LogP contribution in [-0.4, -0.2) is 12.1 Å². The van der Waals surface area contributed by atoms with E-state index in [9.17, 15) is 0 Å². The Morgan fingerprint density at radius 3 is 2.23 bits per heavy atom. The van der Waals surface area contributed by atoms with E-state index in [1.807, 2.05) is 0 Å². The monoisotopic (exact) mass is 184 g/mol. The van der Waals surface area contributed by atoms with Crippen LogP contribution in [0.5, 0.6) is 0 Å². The molecule has 2 atom stereocenters. The normalized spacial score (nSPS) is 21.9. The summed E-state index contributed by atoms with van der Waals surface area (Å²) in [6.07, 6.45) is 6.06. The number of hydrogen-bond donors (Lipinski definition) is 2. The van der Waals surface area contributed by atoms with E-state index in [4.69, 9.17) is 11.5 Å². The second-order valence-corrected chi connectivity index (χ2v) is 4.97. The first-order chi connectivity index (χ1) is 6.09. The summed E-state index contributed by atoms with van der Waals surface area (Å²) in [6, 6.07) is 0.794. The summed E-state index contributed by atoms with van der Waals surface area (Å²) in [6.45, 7) is 4.45. The molecule has 0 aromatic rings. The van der Waals surface area contributed by atoms with Crippen LogP contribution in [0.4, 0.5) is 0 Å². The predicted octanol–water partition coefficient (Wildman–Crippen LogP) is 1.88. The van der Waals surface area contributed by atoms with E-state index in [2.05, 4.69) is 13.8 Å². The van der Waals surface area contributed by atoms with E-state index < -0.39 is 0 Å². The van der Waals surface area contributed by atoms with Gasteiger partial charge in [0.2, 0.25) is 0 Å². The highest BCUT2D eigenvalue weighted by molar-refractivity contribution is 4.84. The van der Waals surface area contributed by atoms with Gasteiger partial charge in [-0.3, -0.25) is 0 Å². The van der Waals surface area contributed by atoms with Gasteiger partial charge >= 0.3 is 0 Å². The Hall–Kier alpha value is -0.0800. The van der Waals surface area contributed by atoms with Gasteiger partial charge in [-0.25, -0.2) is 0 Å². The lowest BCUT2D eigenvalue weighted by Crippen LogP contribution is -2.28. The summed E-state index contributed by atoms with van der Waals surface area (Å²) in [5.41, 5.74) is 12.0. The van der Waals surface area contributed by atoms with E-state index in [-0.39, 0.29) is 0 Å². The van der Waals surface area contributed by atoms with Crippen molar-refractivity contribution < 1.29 is 0 Å². The highest BCUT2D eigenvalue weighted by Crippen LogP contribution is 2.33. The third kappa shape index (κ3) is 4.63. The summed E-state index contributed by atoms with van der Waals surface area (Å²) in [7, 11) is 0. The zero-order valence-corrected chi connectivity index (χ0v) is 9.00. The fourth-order valence-electron chi connectivity index (χ4n) is 1.89. The summed E-state index contributed by atoms with van der Waals surface area (Å²) in [4.78, 5) is 0. The molecule has 1 saturated carbocycles. The summed E-state index contributed by atoms with van der Waals surface area (Å²) in [5, 5.41) is 0. The maximum atomic E-state index is 6.00. The van der Waals surface area contributed by atoms with E-state index in [1.165, 1.54) is 12.8 Å². The molecule has 0 aromatic carbocycles. The van der Waals surface area contributed by atoms with Crippen LogP contribution in [0.25, 0.3) is 0 Å². The van der Waals surface area contributed by atoms with Crippen molar-refractivity contribution >= 4 is 0 Å². The fraction of sp³-hybridized carbons (Fsp3) is 1.00. The molecular formula is C11H24N2. The number of hydrogen-bond acceptors (Lipinski definition) is 2. The molecule has 13 heavy (non-hydrogen) atoms. The molecule has 1 fully saturated rings. The van der Waals surface area contributed by atoms with Crippen molar-refractivity contribution in [1.29, 1.82) is 0 Å². The highest BCUT2D eigenvalue weighted by atomic mass is 14.7. The van der Waals surface area contributed by atoms with Crippen LogP contribution >= 0.6 is 0 Å². The molecule has 2 nitrogen and oxygen atoms in total. The van der Waals surface area contributed by atoms with Gasteiger partial charge in [-0.1, -0.05) is 13.8 Å². The minimum absolute atomic E-state index is 0.366. The van der Waals surface area contributed by atoms with Crippen molar-refractivity contribution in [3.8, 4) is 0 Å². The maximum absolute atomic E-state index is 6.00. The summed E-state index contributed by atoms with van der Waals surface area (Å²) in [5.74, 6) is 1.54. The molecule has 0 saturated heterocycles. The van der Waals surface area contributed by atoms with Crippen LogP contribution in [0.2, 0.25) is 0 Å². The van der Waals surface area contributed by atoms with E-state index in [0.29, 0.717) is 18.0 Å². The van der Waals surface area contributed by atoms with Crippen molar-refractivity contribution in [2.75, 3.05) is 0 Å². The molecule has 2 unspecified atom stereocenters. The molecule has 1 aliphatic carbocycles. The molecule has 2 heteroatoms. The van der Waals surface area contributed by atoms with E-state index in [0.717, 1.165) is 25.2 Å². The Labute approximate surface area is 82.1 Å². The molecule has 1 aliphatic rings. The van der Waals surface area contributed by atoms with Crippen LogP contribution in [0.1, 0.15) is 46.0 Å². The minimum atomic E-state index is 0.366. The van der Waals surface area contributed by atoms with Gasteiger partial charge in [0.05, 0.1) is 0 Å². The Morgan fingerprint density at radius 2 is 1.77 bits per heavy atom. The van der Waals surface area contributed by atoms with Gasteiger partial charge in [0, 0.05) is 12.1 Å². The van der Waals surface area contributed by atoms with Gasteiger partial charge in [-0.2, -0.15) is 0 Å². The molecule has 0 aliphatic heterocycles. The van der Waals surface area contributed by atoms with Crippen molar-refractivity contribution in [1.82, 2.24) is 0 Å². The Morgan fingerprint density at radius 1 is 1.15 bits per heavy atom. The van der Waals surface area contributed by atoms with Crippen molar-refractivity contribution in [3.63, 3.8) is 0 Å². The van der Waals surface area contributed by atoms with E-state index in [1.54, 1.807) is 0 Å². The first-order valence-electron chi connectivity index (χ1n) is 5.60. The molecule has 0 spiro atoms. The molecule has 0 heterocycles. The van der Waals surface area contributed by atoms with Gasteiger partial charge in [-0.15, -0.1) is 0 Å². The molecule has 0 amide bonds. The quantitative estimate of drug-likeness (QED) is 0.662. The molecular weight excluding hydrogens is 160 g/mol. The van der Waals surface area contributed by atoms with E-state index >= 15 is 0 Å². The molecule has 1 rings (SSSR count). The molecule has 0 bridgehead atoms. The lowest BCUT2D eigenvalue weighted by atomic mass is 9.97. The Kier molecular flexibility index (Phi) is 4.20. The largest absolute Gasteiger partial charge is 0.328 e. The molecule has 78 valence electrons. The average Bonchev–Trinajstić information content (AvgIpc) is 2.80. The van der Waals surface area contributed by atoms with Crippen LogP contribution < -0.4 is 11.5 Å². The molecule has 0 aromatic heterocycles. The first kappa shape index (κ1) is 11.0. The number of nitrogens with two attached hydrogens (primary N) is 2. The maximum Gasteiger partial charge on any atom is 0.00677 e. The Balaban J connectivity index is 2.03. The SMILES string of the molecule is CC(C)CC(N)CCC(N)C1CC1. The standard InChI is InChI=1S/C11H24N2/c1-8(2)7-10(12)5-6-11(13)9-3-4-9/h8-11H,3-7,12-13H2,1-2H3. The average molecular weight is 184 g/mol. The Bertz CT molecular complexity index is 141. The van der Waals surface area contributed by atoms with Gasteiger partial charge in [0.25, 0.3) is 0 Å². The lowest BCUT2D eigenvalue weighted by molar-refractivity contribution is 0.429. The van der Waals surface area contributed by atoms with Crippen LogP contribution in [0, 0.1) is 11.8 Å². The second-order valence-electron chi connectivity index (χ2n) is 4.97. The van der Waals surface area contributed by atoms with Gasteiger partial charge in [0.1, 0.15) is 0 Å². The third-order valence-electron chi connectivity index (χ3n) is 2.87. The van der Waals surface area contributed by atoms with Gasteiger partial charge in [-0.05, 0) is 43.9 Å². The highest BCUT2D eigenvalue weighted by Gasteiger charge is 2.28. The van der Waals surface area contributed by atoms with Gasteiger partial charge < -0.3 is 11.5 Å². The molecule has 0 radical (unpaired) electrons. The minimum Gasteiger partial charge on any atom is -0.328 e. The van der Waals surface area contributed by atoms with Crippen molar-refractivity contribution in [3.05, 3.63) is 0 Å². The lowest BCUT2D eigenvalue weighted by Gasteiger charge is -2.16. The molecule has 4 N–H and O–H groups in total. The number of rotatable bonds is 6. The third-order valence-corrected chi connectivity index (χ3v) is 2.87. The van der Waals surface area contributed by atoms with Crippen LogP contribution in [-0.2, 0) is 0 Å².